The summed E-state index contributed by atoms with van der Waals surface area (Å²) in [6.07, 6.45) is 2.05. The summed E-state index contributed by atoms with van der Waals surface area (Å²) in [5.41, 5.74) is 2.86. The maximum atomic E-state index is 12.8. The van der Waals surface area contributed by atoms with Gasteiger partial charge in [-0.2, -0.15) is 0 Å². The first-order valence-electron chi connectivity index (χ1n) is 11.5. The van der Waals surface area contributed by atoms with Gasteiger partial charge in [-0.3, -0.25) is 14.5 Å². The van der Waals surface area contributed by atoms with Crippen LogP contribution >= 0.6 is 11.3 Å². The number of nitrogens with zero attached hydrogens (tertiary/aromatic N) is 2. The molecule has 5 rings (SSSR count). The lowest BCUT2D eigenvalue weighted by Crippen LogP contribution is -2.32. The summed E-state index contributed by atoms with van der Waals surface area (Å²) in [5.74, 6) is 0.431. The van der Waals surface area contributed by atoms with Crippen LogP contribution in [0.4, 0.5) is 11.4 Å². The molecule has 8 heteroatoms. The molecule has 1 aliphatic heterocycles. The maximum absolute atomic E-state index is 12.8. The zero-order valence-electron chi connectivity index (χ0n) is 19.4. The fourth-order valence-electron chi connectivity index (χ4n) is 4.30. The van der Waals surface area contributed by atoms with Gasteiger partial charge in [0.05, 0.1) is 29.9 Å². The molecule has 7 nitrogen and oxygen atoms in total. The number of amides is 2. The van der Waals surface area contributed by atoms with E-state index < -0.39 is 0 Å². The van der Waals surface area contributed by atoms with E-state index in [0.717, 1.165) is 35.7 Å². The molecule has 178 valence electrons. The minimum absolute atomic E-state index is 0.0755. The van der Waals surface area contributed by atoms with E-state index in [4.69, 9.17) is 9.72 Å². The van der Waals surface area contributed by atoms with E-state index in [9.17, 15) is 9.59 Å². The molecule has 1 aromatic heterocycles. The highest BCUT2D eigenvalue weighted by atomic mass is 32.1. The van der Waals surface area contributed by atoms with E-state index >= 15 is 0 Å². The van der Waals surface area contributed by atoms with Crippen molar-refractivity contribution in [2.75, 3.05) is 30.8 Å². The molecule has 1 saturated heterocycles. The second kappa shape index (κ2) is 10.2. The van der Waals surface area contributed by atoms with Crippen molar-refractivity contribution in [1.29, 1.82) is 0 Å². The van der Waals surface area contributed by atoms with Gasteiger partial charge in [-0.15, -0.1) is 11.3 Å². The van der Waals surface area contributed by atoms with Gasteiger partial charge in [0.1, 0.15) is 10.8 Å². The molecule has 0 saturated carbocycles. The van der Waals surface area contributed by atoms with E-state index in [1.54, 1.807) is 67.0 Å². The molecule has 1 fully saturated rings. The van der Waals surface area contributed by atoms with E-state index in [1.807, 2.05) is 18.2 Å². The zero-order valence-corrected chi connectivity index (χ0v) is 20.2. The number of thiazole rings is 1. The Hall–Kier alpha value is -3.75. The lowest BCUT2D eigenvalue weighted by atomic mass is 10.2. The van der Waals surface area contributed by atoms with E-state index in [0.29, 0.717) is 23.5 Å². The molecule has 0 bridgehead atoms. The number of hydrogen-bond donors (Lipinski definition) is 2. The third-order valence-corrected chi connectivity index (χ3v) is 7.22. The van der Waals surface area contributed by atoms with E-state index in [2.05, 4.69) is 21.6 Å². The van der Waals surface area contributed by atoms with Gasteiger partial charge < -0.3 is 15.4 Å². The minimum atomic E-state index is -0.219. The summed E-state index contributed by atoms with van der Waals surface area (Å²) in [5, 5.41) is 6.88. The average Bonchev–Trinajstić information content (AvgIpc) is 3.51. The number of methoxy groups -OCH3 is 1. The van der Waals surface area contributed by atoms with Crippen LogP contribution in [0, 0.1) is 0 Å². The SMILES string of the molecule is COc1ccc(NC(=O)c2ccc(NC(=O)CN3CCCC3c3nc4ccccc4s3)cc2)cc1. The lowest BCUT2D eigenvalue weighted by Gasteiger charge is -2.22. The number of rotatable bonds is 7. The molecular formula is C27H26N4O3S. The quantitative estimate of drug-likeness (QED) is 0.369. The van der Waals surface area contributed by atoms with Gasteiger partial charge in [-0.1, -0.05) is 12.1 Å². The van der Waals surface area contributed by atoms with Crippen molar-refractivity contribution in [2.24, 2.45) is 0 Å². The predicted octanol–water partition coefficient (Wildman–Crippen LogP) is 5.33. The zero-order chi connectivity index (χ0) is 24.2. The number of ether oxygens (including phenoxy) is 1. The van der Waals surface area contributed by atoms with Crippen molar-refractivity contribution in [3.63, 3.8) is 0 Å². The van der Waals surface area contributed by atoms with Gasteiger partial charge in [0.2, 0.25) is 5.91 Å². The van der Waals surface area contributed by atoms with Crippen LogP contribution < -0.4 is 15.4 Å². The summed E-state index contributed by atoms with van der Waals surface area (Å²) >= 11 is 1.71. The molecule has 2 amide bonds. The third kappa shape index (κ3) is 5.34. The highest BCUT2D eigenvalue weighted by Crippen LogP contribution is 2.36. The van der Waals surface area contributed by atoms with Crippen LogP contribution in [0.2, 0.25) is 0 Å². The van der Waals surface area contributed by atoms with Gasteiger partial charge in [0, 0.05) is 16.9 Å². The second-order valence-electron chi connectivity index (χ2n) is 8.46. The van der Waals surface area contributed by atoms with Crippen LogP contribution in [0.5, 0.6) is 5.75 Å². The number of aromatic nitrogens is 1. The largest absolute Gasteiger partial charge is 0.497 e. The Morgan fingerprint density at radius 1 is 1.00 bits per heavy atom. The number of para-hydroxylation sites is 1. The van der Waals surface area contributed by atoms with Crippen LogP contribution in [0.3, 0.4) is 0 Å². The highest BCUT2D eigenvalue weighted by molar-refractivity contribution is 7.18. The number of hydrogen-bond acceptors (Lipinski definition) is 6. The average molecular weight is 487 g/mol. The van der Waals surface area contributed by atoms with E-state index in [1.165, 1.54) is 4.70 Å². The minimum Gasteiger partial charge on any atom is -0.497 e. The van der Waals surface area contributed by atoms with Crippen molar-refractivity contribution in [3.8, 4) is 5.75 Å². The van der Waals surface area contributed by atoms with Gasteiger partial charge in [-0.05, 0) is 80.1 Å². The summed E-state index contributed by atoms with van der Waals surface area (Å²) in [6.45, 7) is 1.18. The fraction of sp³-hybridized carbons (Fsp3) is 0.222. The van der Waals surface area contributed by atoms with Crippen molar-refractivity contribution in [1.82, 2.24) is 9.88 Å². The number of nitrogens with one attached hydrogen (secondary N) is 2. The molecular weight excluding hydrogens is 460 g/mol. The Morgan fingerprint density at radius 2 is 1.71 bits per heavy atom. The number of likely N-dealkylation sites (tertiary alicyclic amines) is 1. The highest BCUT2D eigenvalue weighted by Gasteiger charge is 2.30. The lowest BCUT2D eigenvalue weighted by molar-refractivity contribution is -0.117. The Balaban J connectivity index is 1.17. The van der Waals surface area contributed by atoms with Crippen LogP contribution in [0.15, 0.2) is 72.8 Å². The number of fused-ring (bicyclic) bond motifs is 1. The molecule has 0 radical (unpaired) electrons. The number of benzene rings is 3. The molecule has 1 unspecified atom stereocenters. The first kappa shape index (κ1) is 23.0. The topological polar surface area (TPSA) is 83.6 Å². The normalized spacial score (nSPS) is 15.7. The standard InChI is InChI=1S/C27H26N4O3S/c1-34-21-14-12-20(13-15-21)29-26(33)18-8-10-19(11-9-18)28-25(32)17-31-16-4-6-23(31)27-30-22-5-2-3-7-24(22)35-27/h2-3,5,7-15,23H,4,6,16-17H2,1H3,(H,28,32)(H,29,33). The van der Waals surface area contributed by atoms with Crippen molar-refractivity contribution < 1.29 is 14.3 Å². The Labute approximate surface area is 207 Å². The van der Waals surface area contributed by atoms with Crippen LogP contribution in [0.25, 0.3) is 10.2 Å². The monoisotopic (exact) mass is 486 g/mol. The van der Waals surface area contributed by atoms with Crippen molar-refractivity contribution in [2.45, 2.75) is 18.9 Å². The smallest absolute Gasteiger partial charge is 0.255 e. The summed E-state index contributed by atoms with van der Waals surface area (Å²) < 4.78 is 6.31. The Bertz CT molecular complexity index is 1300. The van der Waals surface area contributed by atoms with Crippen LogP contribution in [-0.2, 0) is 4.79 Å². The summed E-state index contributed by atoms with van der Waals surface area (Å²) in [6, 6.07) is 22.3. The first-order valence-corrected chi connectivity index (χ1v) is 12.4. The van der Waals surface area contributed by atoms with Crippen LogP contribution in [-0.4, -0.2) is 41.9 Å². The third-order valence-electron chi connectivity index (χ3n) is 6.08. The van der Waals surface area contributed by atoms with Crippen LogP contribution in [0.1, 0.15) is 34.2 Å². The molecule has 2 N–H and O–H groups in total. The second-order valence-corrected chi connectivity index (χ2v) is 9.52. The number of anilines is 2. The summed E-state index contributed by atoms with van der Waals surface area (Å²) in [4.78, 5) is 32.3. The van der Waals surface area contributed by atoms with Gasteiger partial charge in [0.15, 0.2) is 0 Å². The molecule has 2 heterocycles. The van der Waals surface area contributed by atoms with Gasteiger partial charge in [-0.25, -0.2) is 4.98 Å². The van der Waals surface area contributed by atoms with Gasteiger partial charge in [0.25, 0.3) is 5.91 Å². The predicted molar refractivity (Wildman–Crippen MR) is 139 cm³/mol. The number of carbonyl (C=O) groups excluding carboxylic acids is 2. The molecule has 0 spiro atoms. The van der Waals surface area contributed by atoms with E-state index in [-0.39, 0.29) is 17.9 Å². The summed E-state index contributed by atoms with van der Waals surface area (Å²) in [7, 11) is 1.60. The Morgan fingerprint density at radius 3 is 2.46 bits per heavy atom. The number of carbonyl (C=O) groups is 2. The first-order chi connectivity index (χ1) is 17.1. The fourth-order valence-corrected chi connectivity index (χ4v) is 5.43. The van der Waals surface area contributed by atoms with Crippen molar-refractivity contribution in [3.05, 3.63) is 83.4 Å². The molecule has 4 aromatic rings. The molecule has 1 aliphatic rings. The van der Waals surface area contributed by atoms with Gasteiger partial charge >= 0.3 is 0 Å². The molecule has 1 atom stereocenters. The Kier molecular flexibility index (Phi) is 6.74. The molecule has 35 heavy (non-hydrogen) atoms. The molecule has 0 aliphatic carbocycles. The molecule has 3 aromatic carbocycles. The maximum Gasteiger partial charge on any atom is 0.255 e. The van der Waals surface area contributed by atoms with Crippen molar-refractivity contribution >= 4 is 44.7 Å².